The van der Waals surface area contributed by atoms with Crippen LogP contribution in [0.2, 0.25) is 5.02 Å². The van der Waals surface area contributed by atoms with Crippen molar-refractivity contribution in [2.75, 3.05) is 13.2 Å². The second-order valence-electron chi connectivity index (χ2n) is 4.87. The molecule has 0 aromatic carbocycles. The first-order valence-electron chi connectivity index (χ1n) is 6.77. The van der Waals surface area contributed by atoms with Crippen LogP contribution in [0.1, 0.15) is 38.2 Å². The van der Waals surface area contributed by atoms with Gasteiger partial charge in [0, 0.05) is 18.8 Å². The smallest absolute Gasteiger partial charge is 0.213 e. The third-order valence-electron chi connectivity index (χ3n) is 3.12. The van der Waals surface area contributed by atoms with E-state index in [1.165, 1.54) is 12.8 Å². The minimum absolute atomic E-state index is 0.688. The molecule has 3 nitrogen and oxygen atoms in total. The summed E-state index contributed by atoms with van der Waals surface area (Å²) >= 11 is 6.11. The van der Waals surface area contributed by atoms with Crippen LogP contribution in [0.4, 0.5) is 0 Å². The number of hydrogen-bond acceptors (Lipinski definition) is 3. The molecule has 1 fully saturated rings. The van der Waals surface area contributed by atoms with Gasteiger partial charge in [0.25, 0.3) is 0 Å². The predicted octanol–water partition coefficient (Wildman–Crippen LogP) is 3.41. The van der Waals surface area contributed by atoms with Gasteiger partial charge >= 0.3 is 0 Å². The number of nitrogens with one attached hydrogen (secondary N) is 1. The molecule has 1 aromatic rings. The van der Waals surface area contributed by atoms with Crippen LogP contribution in [0.5, 0.6) is 5.88 Å². The van der Waals surface area contributed by atoms with E-state index in [-0.39, 0.29) is 0 Å². The first kappa shape index (κ1) is 13.6. The van der Waals surface area contributed by atoms with Crippen molar-refractivity contribution in [3.05, 3.63) is 22.8 Å². The molecule has 1 aromatic heterocycles. The summed E-state index contributed by atoms with van der Waals surface area (Å²) in [7, 11) is 0. The Balaban J connectivity index is 1.83. The Bertz CT molecular complexity index is 380. The van der Waals surface area contributed by atoms with Crippen LogP contribution in [-0.2, 0) is 6.54 Å². The fourth-order valence-electron chi connectivity index (χ4n) is 1.81. The van der Waals surface area contributed by atoms with Crippen LogP contribution in [0, 0.1) is 5.92 Å². The van der Waals surface area contributed by atoms with Crippen molar-refractivity contribution in [3.8, 4) is 5.88 Å². The zero-order valence-electron chi connectivity index (χ0n) is 10.9. The second-order valence-corrected chi connectivity index (χ2v) is 5.28. The lowest BCUT2D eigenvalue weighted by atomic mass is 10.2. The summed E-state index contributed by atoms with van der Waals surface area (Å²) in [5, 5.41) is 4.04. The highest BCUT2D eigenvalue weighted by molar-refractivity contribution is 6.31. The Morgan fingerprint density at radius 2 is 2.33 bits per heavy atom. The van der Waals surface area contributed by atoms with E-state index in [2.05, 4.69) is 17.2 Å². The van der Waals surface area contributed by atoms with Crippen LogP contribution < -0.4 is 10.1 Å². The van der Waals surface area contributed by atoms with Crippen LogP contribution in [0.15, 0.2) is 12.3 Å². The van der Waals surface area contributed by atoms with Crippen molar-refractivity contribution in [1.29, 1.82) is 0 Å². The molecule has 1 saturated carbocycles. The van der Waals surface area contributed by atoms with Crippen molar-refractivity contribution in [2.45, 2.75) is 39.2 Å². The lowest BCUT2D eigenvalue weighted by Crippen LogP contribution is -2.14. The Kier molecular flexibility index (Phi) is 5.26. The fraction of sp³-hybridized carbons (Fsp3) is 0.643. The molecular weight excluding hydrogens is 248 g/mol. The van der Waals surface area contributed by atoms with Gasteiger partial charge in [-0.3, -0.25) is 0 Å². The molecule has 100 valence electrons. The van der Waals surface area contributed by atoms with Gasteiger partial charge in [-0.05, 0) is 30.9 Å². The number of pyridine rings is 1. The van der Waals surface area contributed by atoms with Crippen LogP contribution in [0.25, 0.3) is 0 Å². The van der Waals surface area contributed by atoms with Crippen molar-refractivity contribution >= 4 is 11.6 Å². The molecule has 0 spiro atoms. The Hall–Kier alpha value is -0.800. The lowest BCUT2D eigenvalue weighted by Gasteiger charge is -2.09. The number of rotatable bonds is 8. The zero-order chi connectivity index (χ0) is 12.8. The van der Waals surface area contributed by atoms with Gasteiger partial charge in [0.1, 0.15) is 0 Å². The maximum atomic E-state index is 6.11. The average Bonchev–Trinajstić information content (AvgIpc) is 3.17. The number of hydrogen-bond donors (Lipinski definition) is 1. The van der Waals surface area contributed by atoms with E-state index in [0.717, 1.165) is 44.0 Å². The predicted molar refractivity (Wildman–Crippen MR) is 74.1 cm³/mol. The molecule has 0 saturated heterocycles. The summed E-state index contributed by atoms with van der Waals surface area (Å²) < 4.78 is 5.66. The maximum Gasteiger partial charge on any atom is 0.213 e. The number of ether oxygens (including phenoxy) is 1. The Morgan fingerprint density at radius 1 is 1.50 bits per heavy atom. The molecule has 0 amide bonds. The van der Waals surface area contributed by atoms with Crippen molar-refractivity contribution < 1.29 is 4.74 Å². The SMILES string of the molecule is CCCNCc1cc(OCCC2CC2)ncc1Cl. The molecule has 0 radical (unpaired) electrons. The van der Waals surface area contributed by atoms with Gasteiger partial charge in [0.2, 0.25) is 5.88 Å². The third kappa shape index (κ3) is 4.46. The van der Waals surface area contributed by atoms with Gasteiger partial charge in [0.05, 0.1) is 11.6 Å². The molecule has 0 atom stereocenters. The highest BCUT2D eigenvalue weighted by atomic mass is 35.5. The number of halogens is 1. The molecule has 1 aliphatic rings. The topological polar surface area (TPSA) is 34.1 Å². The van der Waals surface area contributed by atoms with Crippen molar-refractivity contribution in [3.63, 3.8) is 0 Å². The minimum Gasteiger partial charge on any atom is -0.478 e. The monoisotopic (exact) mass is 268 g/mol. The maximum absolute atomic E-state index is 6.11. The molecule has 0 bridgehead atoms. The molecule has 1 aliphatic carbocycles. The summed E-state index contributed by atoms with van der Waals surface area (Å²) in [6, 6.07) is 1.94. The standard InChI is InChI=1S/C14H21ClN2O/c1-2-6-16-9-12-8-14(17-10-13(12)15)18-7-5-11-3-4-11/h8,10-11,16H,2-7,9H2,1H3. The highest BCUT2D eigenvalue weighted by Crippen LogP contribution is 2.32. The quantitative estimate of drug-likeness (QED) is 0.734. The lowest BCUT2D eigenvalue weighted by molar-refractivity contribution is 0.291. The normalized spacial score (nSPS) is 14.8. The van der Waals surface area contributed by atoms with Gasteiger partial charge in [-0.1, -0.05) is 31.4 Å². The van der Waals surface area contributed by atoms with Crippen LogP contribution >= 0.6 is 11.6 Å². The van der Waals surface area contributed by atoms with E-state index >= 15 is 0 Å². The third-order valence-corrected chi connectivity index (χ3v) is 3.47. The van der Waals surface area contributed by atoms with E-state index in [9.17, 15) is 0 Å². The van der Waals surface area contributed by atoms with E-state index in [1.807, 2.05) is 6.07 Å². The van der Waals surface area contributed by atoms with Gasteiger partial charge < -0.3 is 10.1 Å². The Labute approximate surface area is 114 Å². The fourth-order valence-corrected chi connectivity index (χ4v) is 1.98. The van der Waals surface area contributed by atoms with Gasteiger partial charge in [-0.2, -0.15) is 0 Å². The average molecular weight is 269 g/mol. The van der Waals surface area contributed by atoms with E-state index in [0.29, 0.717) is 10.9 Å². The van der Waals surface area contributed by atoms with Crippen LogP contribution in [0.3, 0.4) is 0 Å². The summed E-state index contributed by atoms with van der Waals surface area (Å²) in [5.41, 5.74) is 1.06. The molecule has 1 N–H and O–H groups in total. The first-order chi connectivity index (χ1) is 8.79. The van der Waals surface area contributed by atoms with E-state index < -0.39 is 0 Å². The highest BCUT2D eigenvalue weighted by Gasteiger charge is 2.20. The van der Waals surface area contributed by atoms with Gasteiger partial charge in [-0.15, -0.1) is 0 Å². The molecule has 0 unspecified atom stereocenters. The van der Waals surface area contributed by atoms with Crippen molar-refractivity contribution in [2.24, 2.45) is 5.92 Å². The van der Waals surface area contributed by atoms with E-state index in [1.54, 1.807) is 6.20 Å². The van der Waals surface area contributed by atoms with E-state index in [4.69, 9.17) is 16.3 Å². The summed E-state index contributed by atoms with van der Waals surface area (Å²) in [6.07, 6.45) is 6.67. The van der Waals surface area contributed by atoms with Gasteiger partial charge in [-0.25, -0.2) is 4.98 Å². The Morgan fingerprint density at radius 3 is 3.06 bits per heavy atom. The summed E-state index contributed by atoms with van der Waals surface area (Å²) in [4.78, 5) is 4.20. The van der Waals surface area contributed by atoms with Crippen molar-refractivity contribution in [1.82, 2.24) is 10.3 Å². The molecule has 4 heteroatoms. The largest absolute Gasteiger partial charge is 0.478 e. The van der Waals surface area contributed by atoms with Gasteiger partial charge in [0.15, 0.2) is 0 Å². The first-order valence-corrected chi connectivity index (χ1v) is 7.15. The summed E-state index contributed by atoms with van der Waals surface area (Å²) in [5.74, 6) is 1.58. The molecular formula is C14H21ClN2O. The molecule has 0 aliphatic heterocycles. The molecule has 18 heavy (non-hydrogen) atoms. The number of nitrogens with zero attached hydrogens (tertiary/aromatic N) is 1. The zero-order valence-corrected chi connectivity index (χ0v) is 11.7. The summed E-state index contributed by atoms with van der Waals surface area (Å²) in [6.45, 7) is 4.68. The molecule has 1 heterocycles. The number of aromatic nitrogens is 1. The second kappa shape index (κ2) is 6.95. The molecule has 2 rings (SSSR count). The van der Waals surface area contributed by atoms with Crippen LogP contribution in [-0.4, -0.2) is 18.1 Å². The minimum atomic E-state index is 0.688.